The first-order chi connectivity index (χ1) is 8.60. The zero-order valence-corrected chi connectivity index (χ0v) is 11.8. The maximum atomic E-state index is 11.5. The van der Waals surface area contributed by atoms with Gasteiger partial charge in [-0.05, 0) is 27.7 Å². The standard InChI is InChI=1S/C12H21NO6/c1-11(2,3)18-10(16)19-13-7-5-12(4,6-8-13)17-9(14)15/h5-8H2,1-4H3,(H,14,15). The largest absolute Gasteiger partial charge is 0.528 e. The maximum Gasteiger partial charge on any atom is 0.528 e. The minimum absolute atomic E-state index is 0.406. The van der Waals surface area contributed by atoms with Crippen LogP contribution in [0.2, 0.25) is 0 Å². The molecule has 0 aliphatic carbocycles. The van der Waals surface area contributed by atoms with Crippen molar-refractivity contribution < 1.29 is 29.0 Å². The number of carboxylic acid groups (broad SMARTS) is 1. The van der Waals surface area contributed by atoms with Gasteiger partial charge < -0.3 is 19.4 Å². The average Bonchev–Trinajstić information content (AvgIpc) is 2.17. The molecule has 1 fully saturated rings. The summed E-state index contributed by atoms with van der Waals surface area (Å²) in [4.78, 5) is 27.0. The van der Waals surface area contributed by atoms with Crippen LogP contribution in [0.25, 0.3) is 0 Å². The van der Waals surface area contributed by atoms with E-state index in [1.54, 1.807) is 27.7 Å². The van der Waals surface area contributed by atoms with Gasteiger partial charge in [-0.3, -0.25) is 0 Å². The molecule has 0 spiro atoms. The number of piperidine rings is 1. The summed E-state index contributed by atoms with van der Waals surface area (Å²) in [5, 5.41) is 10.1. The highest BCUT2D eigenvalue weighted by Crippen LogP contribution is 2.26. The second-order valence-corrected chi connectivity index (χ2v) is 5.80. The first-order valence-corrected chi connectivity index (χ1v) is 6.17. The topological polar surface area (TPSA) is 85.3 Å². The third kappa shape index (κ3) is 5.78. The molecule has 1 N–H and O–H groups in total. The second-order valence-electron chi connectivity index (χ2n) is 5.80. The van der Waals surface area contributed by atoms with E-state index in [9.17, 15) is 9.59 Å². The van der Waals surface area contributed by atoms with Crippen molar-refractivity contribution in [1.29, 1.82) is 0 Å². The highest BCUT2D eigenvalue weighted by molar-refractivity contribution is 5.60. The number of carbonyl (C=O) groups is 2. The Labute approximate surface area is 112 Å². The van der Waals surface area contributed by atoms with Gasteiger partial charge in [-0.25, -0.2) is 9.59 Å². The fourth-order valence-corrected chi connectivity index (χ4v) is 1.74. The van der Waals surface area contributed by atoms with Crippen LogP contribution < -0.4 is 0 Å². The highest BCUT2D eigenvalue weighted by atomic mass is 16.8. The van der Waals surface area contributed by atoms with Gasteiger partial charge >= 0.3 is 12.3 Å². The number of nitrogens with zero attached hydrogens (tertiary/aromatic N) is 1. The zero-order valence-electron chi connectivity index (χ0n) is 11.8. The van der Waals surface area contributed by atoms with Gasteiger partial charge in [0.05, 0.1) is 0 Å². The van der Waals surface area contributed by atoms with E-state index in [2.05, 4.69) is 0 Å². The van der Waals surface area contributed by atoms with Crippen molar-refractivity contribution in [1.82, 2.24) is 5.06 Å². The molecule has 1 aliphatic rings. The third-order valence-electron chi connectivity index (χ3n) is 2.71. The summed E-state index contributed by atoms with van der Waals surface area (Å²) >= 11 is 0. The van der Waals surface area contributed by atoms with Gasteiger partial charge in [0.15, 0.2) is 0 Å². The van der Waals surface area contributed by atoms with Crippen molar-refractivity contribution in [3.63, 3.8) is 0 Å². The van der Waals surface area contributed by atoms with Gasteiger partial charge in [-0.1, -0.05) is 0 Å². The predicted octanol–water partition coefficient (Wildman–Crippen LogP) is 2.40. The van der Waals surface area contributed by atoms with Gasteiger partial charge in [0, 0.05) is 25.9 Å². The number of hydroxylamine groups is 2. The van der Waals surface area contributed by atoms with Crippen LogP contribution in [-0.2, 0) is 14.3 Å². The molecule has 1 aliphatic heterocycles. The van der Waals surface area contributed by atoms with Crippen LogP contribution >= 0.6 is 0 Å². The van der Waals surface area contributed by atoms with Gasteiger partial charge in [0.2, 0.25) is 0 Å². The van der Waals surface area contributed by atoms with Crippen LogP contribution in [0.15, 0.2) is 0 Å². The molecular formula is C12H21NO6. The first-order valence-electron chi connectivity index (χ1n) is 6.17. The van der Waals surface area contributed by atoms with Crippen molar-refractivity contribution >= 4 is 12.3 Å². The molecule has 0 amide bonds. The minimum atomic E-state index is -1.29. The van der Waals surface area contributed by atoms with Crippen molar-refractivity contribution in [3.8, 4) is 0 Å². The van der Waals surface area contributed by atoms with Crippen molar-refractivity contribution in [2.75, 3.05) is 13.1 Å². The molecule has 7 heteroatoms. The Hall–Kier alpha value is -1.50. The lowest BCUT2D eigenvalue weighted by Crippen LogP contribution is -2.46. The summed E-state index contributed by atoms with van der Waals surface area (Å²) in [7, 11) is 0. The Bertz CT molecular complexity index is 341. The summed E-state index contributed by atoms with van der Waals surface area (Å²) in [6.07, 6.45) is -1.12. The van der Waals surface area contributed by atoms with E-state index in [0.717, 1.165) is 0 Å². The lowest BCUT2D eigenvalue weighted by molar-refractivity contribution is -0.174. The Kier molecular flexibility index (Phi) is 4.62. The lowest BCUT2D eigenvalue weighted by atomic mass is 9.94. The maximum absolute atomic E-state index is 11.5. The van der Waals surface area contributed by atoms with E-state index >= 15 is 0 Å². The third-order valence-corrected chi connectivity index (χ3v) is 2.71. The monoisotopic (exact) mass is 275 g/mol. The Morgan fingerprint density at radius 1 is 1.21 bits per heavy atom. The molecule has 1 saturated heterocycles. The number of hydrogen-bond donors (Lipinski definition) is 1. The summed E-state index contributed by atoms with van der Waals surface area (Å²) in [5.74, 6) is 0. The number of ether oxygens (including phenoxy) is 2. The van der Waals surface area contributed by atoms with E-state index in [1.165, 1.54) is 5.06 Å². The number of rotatable bonds is 2. The molecule has 0 aromatic carbocycles. The Morgan fingerprint density at radius 2 is 1.74 bits per heavy atom. The first kappa shape index (κ1) is 15.6. The number of carbonyl (C=O) groups excluding carboxylic acids is 1. The molecule has 19 heavy (non-hydrogen) atoms. The Balaban J connectivity index is 2.38. The predicted molar refractivity (Wildman–Crippen MR) is 65.6 cm³/mol. The van der Waals surface area contributed by atoms with Gasteiger partial charge in [0.1, 0.15) is 11.2 Å². The Morgan fingerprint density at radius 3 is 2.16 bits per heavy atom. The van der Waals surface area contributed by atoms with E-state index in [-0.39, 0.29) is 0 Å². The molecule has 0 saturated carbocycles. The highest BCUT2D eigenvalue weighted by Gasteiger charge is 2.35. The normalized spacial score (nSPS) is 19.6. The molecule has 1 rings (SSSR count). The molecule has 0 unspecified atom stereocenters. The molecule has 0 aromatic rings. The molecule has 7 nitrogen and oxygen atoms in total. The van der Waals surface area contributed by atoms with Crippen LogP contribution in [0.1, 0.15) is 40.5 Å². The van der Waals surface area contributed by atoms with E-state index in [1.807, 2.05) is 0 Å². The number of hydrogen-bond acceptors (Lipinski definition) is 6. The van der Waals surface area contributed by atoms with E-state index in [0.29, 0.717) is 25.9 Å². The molecule has 110 valence electrons. The second kappa shape index (κ2) is 5.64. The fourth-order valence-electron chi connectivity index (χ4n) is 1.74. The summed E-state index contributed by atoms with van der Waals surface area (Å²) in [5.41, 5.74) is -1.33. The molecule has 1 heterocycles. The molecule has 0 radical (unpaired) electrons. The minimum Gasteiger partial charge on any atom is -0.450 e. The lowest BCUT2D eigenvalue weighted by Gasteiger charge is -2.36. The van der Waals surface area contributed by atoms with Crippen LogP contribution in [0.5, 0.6) is 0 Å². The summed E-state index contributed by atoms with van der Waals surface area (Å²) < 4.78 is 9.86. The van der Waals surface area contributed by atoms with Gasteiger partial charge in [0.25, 0.3) is 0 Å². The summed E-state index contributed by atoms with van der Waals surface area (Å²) in [6.45, 7) is 7.80. The quantitative estimate of drug-likeness (QED) is 0.774. The van der Waals surface area contributed by atoms with Crippen LogP contribution in [-0.4, -0.2) is 46.8 Å². The van der Waals surface area contributed by atoms with Crippen molar-refractivity contribution in [2.45, 2.75) is 51.7 Å². The van der Waals surface area contributed by atoms with Crippen molar-refractivity contribution in [2.24, 2.45) is 0 Å². The molecule has 0 bridgehead atoms. The SMILES string of the molecule is CC(C)(C)OC(=O)ON1CCC(C)(OC(=O)O)CC1. The molecule has 0 aromatic heterocycles. The van der Waals surface area contributed by atoms with E-state index in [4.69, 9.17) is 19.4 Å². The molecular weight excluding hydrogens is 254 g/mol. The van der Waals surface area contributed by atoms with Crippen molar-refractivity contribution in [3.05, 3.63) is 0 Å². The fraction of sp³-hybridized carbons (Fsp3) is 0.833. The van der Waals surface area contributed by atoms with Gasteiger partial charge in [-0.15, -0.1) is 5.06 Å². The van der Waals surface area contributed by atoms with Crippen LogP contribution in [0.3, 0.4) is 0 Å². The zero-order chi connectivity index (χ0) is 14.7. The average molecular weight is 275 g/mol. The van der Waals surface area contributed by atoms with Crippen LogP contribution in [0.4, 0.5) is 9.59 Å². The smallest absolute Gasteiger partial charge is 0.450 e. The van der Waals surface area contributed by atoms with Gasteiger partial charge in [-0.2, -0.15) is 0 Å². The molecule has 0 atom stereocenters. The van der Waals surface area contributed by atoms with Crippen LogP contribution in [0, 0.1) is 0 Å². The summed E-state index contributed by atoms with van der Waals surface area (Å²) in [6, 6.07) is 0. The van der Waals surface area contributed by atoms with E-state index < -0.39 is 23.5 Å².